The molecular formula is C16H25ClN2O2. The van der Waals surface area contributed by atoms with Crippen LogP contribution in [0.1, 0.15) is 43.4 Å². The van der Waals surface area contributed by atoms with Crippen LogP contribution in [0.2, 0.25) is 0 Å². The molecule has 1 amide bonds. The molecule has 1 heterocycles. The highest BCUT2D eigenvalue weighted by atomic mass is 35.5. The molecule has 5 heteroatoms. The molecule has 3 unspecified atom stereocenters. The fraction of sp³-hybridized carbons (Fsp3) is 0.562. The van der Waals surface area contributed by atoms with Crippen LogP contribution < -0.4 is 11.1 Å². The van der Waals surface area contributed by atoms with Crippen LogP contribution in [-0.2, 0) is 9.53 Å². The summed E-state index contributed by atoms with van der Waals surface area (Å²) in [7, 11) is 0. The van der Waals surface area contributed by atoms with Crippen molar-refractivity contribution in [3.05, 3.63) is 35.4 Å². The Kier molecular flexibility index (Phi) is 7.15. The summed E-state index contributed by atoms with van der Waals surface area (Å²) in [4.78, 5) is 11.9. The van der Waals surface area contributed by atoms with Gasteiger partial charge in [-0.15, -0.1) is 12.4 Å². The van der Waals surface area contributed by atoms with E-state index >= 15 is 0 Å². The molecule has 0 aliphatic carbocycles. The van der Waals surface area contributed by atoms with E-state index in [0.717, 1.165) is 25.0 Å². The lowest BCUT2D eigenvalue weighted by Crippen LogP contribution is -2.44. The van der Waals surface area contributed by atoms with Crippen molar-refractivity contribution in [3.63, 3.8) is 0 Å². The number of nitrogens with two attached hydrogens (primary N) is 1. The molecule has 0 bridgehead atoms. The van der Waals surface area contributed by atoms with Gasteiger partial charge < -0.3 is 15.8 Å². The van der Waals surface area contributed by atoms with E-state index in [4.69, 9.17) is 10.5 Å². The Morgan fingerprint density at radius 2 is 2.10 bits per heavy atom. The minimum atomic E-state index is -0.114. The first-order valence-corrected chi connectivity index (χ1v) is 7.29. The first-order chi connectivity index (χ1) is 9.56. The summed E-state index contributed by atoms with van der Waals surface area (Å²) < 4.78 is 5.88. The molecule has 4 nitrogen and oxygen atoms in total. The Labute approximate surface area is 132 Å². The molecule has 1 saturated heterocycles. The number of amides is 1. The highest BCUT2D eigenvalue weighted by molar-refractivity contribution is 5.85. The fourth-order valence-electron chi connectivity index (χ4n) is 2.57. The van der Waals surface area contributed by atoms with Crippen LogP contribution in [0.4, 0.5) is 0 Å². The predicted octanol–water partition coefficient (Wildman–Crippen LogP) is 2.49. The number of rotatable bonds is 4. The van der Waals surface area contributed by atoms with E-state index in [-0.39, 0.29) is 36.5 Å². The summed E-state index contributed by atoms with van der Waals surface area (Å²) in [6, 6.07) is 8.24. The zero-order valence-electron chi connectivity index (χ0n) is 12.7. The molecule has 1 fully saturated rings. The van der Waals surface area contributed by atoms with Gasteiger partial charge in [0.25, 0.3) is 0 Å². The van der Waals surface area contributed by atoms with Gasteiger partial charge in [0.15, 0.2) is 0 Å². The van der Waals surface area contributed by atoms with Gasteiger partial charge in [0, 0.05) is 19.1 Å². The quantitative estimate of drug-likeness (QED) is 0.898. The first kappa shape index (κ1) is 18.0. The van der Waals surface area contributed by atoms with Crippen molar-refractivity contribution in [3.8, 4) is 0 Å². The van der Waals surface area contributed by atoms with Gasteiger partial charge in [-0.1, -0.05) is 29.8 Å². The predicted molar refractivity (Wildman–Crippen MR) is 86.6 cm³/mol. The number of nitrogens with one attached hydrogen (secondary N) is 1. The number of hydrogen-bond acceptors (Lipinski definition) is 3. The van der Waals surface area contributed by atoms with Crippen LogP contribution in [0.15, 0.2) is 24.3 Å². The monoisotopic (exact) mass is 312 g/mol. The summed E-state index contributed by atoms with van der Waals surface area (Å²) in [5.41, 5.74) is 8.02. The van der Waals surface area contributed by atoms with Gasteiger partial charge in [-0.3, -0.25) is 4.79 Å². The maximum atomic E-state index is 11.9. The highest BCUT2D eigenvalue weighted by Gasteiger charge is 2.28. The lowest BCUT2D eigenvalue weighted by Gasteiger charge is -2.33. The van der Waals surface area contributed by atoms with E-state index in [1.165, 1.54) is 5.56 Å². The zero-order chi connectivity index (χ0) is 14.5. The Hall–Kier alpha value is -1.10. The molecular weight excluding hydrogens is 288 g/mol. The fourth-order valence-corrected chi connectivity index (χ4v) is 2.57. The van der Waals surface area contributed by atoms with Crippen LogP contribution in [-0.4, -0.2) is 24.6 Å². The van der Waals surface area contributed by atoms with Crippen molar-refractivity contribution in [1.29, 1.82) is 0 Å². The molecule has 21 heavy (non-hydrogen) atoms. The highest BCUT2D eigenvalue weighted by Crippen LogP contribution is 2.28. The topological polar surface area (TPSA) is 64.3 Å². The molecule has 0 radical (unpaired) electrons. The summed E-state index contributed by atoms with van der Waals surface area (Å²) in [5, 5.41) is 3.07. The third-order valence-corrected chi connectivity index (χ3v) is 3.58. The lowest BCUT2D eigenvalue weighted by atomic mass is 9.95. The van der Waals surface area contributed by atoms with Crippen molar-refractivity contribution in [1.82, 2.24) is 5.32 Å². The van der Waals surface area contributed by atoms with Crippen molar-refractivity contribution < 1.29 is 9.53 Å². The Morgan fingerprint density at radius 3 is 2.71 bits per heavy atom. The van der Waals surface area contributed by atoms with Gasteiger partial charge in [0.1, 0.15) is 6.10 Å². The van der Waals surface area contributed by atoms with E-state index in [0.29, 0.717) is 6.42 Å². The van der Waals surface area contributed by atoms with Crippen LogP contribution >= 0.6 is 12.4 Å². The molecule has 2 rings (SSSR count). The second kappa shape index (κ2) is 8.37. The molecule has 118 valence electrons. The summed E-state index contributed by atoms with van der Waals surface area (Å²) >= 11 is 0. The first-order valence-electron chi connectivity index (χ1n) is 7.29. The van der Waals surface area contributed by atoms with E-state index in [1.54, 1.807) is 0 Å². The third kappa shape index (κ3) is 5.30. The second-order valence-corrected chi connectivity index (χ2v) is 5.70. The molecule has 1 aromatic carbocycles. The third-order valence-electron chi connectivity index (χ3n) is 3.58. The maximum Gasteiger partial charge on any atom is 0.221 e. The molecule has 1 aliphatic heterocycles. The van der Waals surface area contributed by atoms with E-state index in [1.807, 2.05) is 6.92 Å². The molecule has 3 N–H and O–H groups in total. The van der Waals surface area contributed by atoms with Gasteiger partial charge in [-0.2, -0.15) is 0 Å². The van der Waals surface area contributed by atoms with Gasteiger partial charge >= 0.3 is 0 Å². The number of hydrogen-bond donors (Lipinski definition) is 2. The van der Waals surface area contributed by atoms with E-state index in [2.05, 4.69) is 36.5 Å². The van der Waals surface area contributed by atoms with Crippen molar-refractivity contribution >= 4 is 18.3 Å². The summed E-state index contributed by atoms with van der Waals surface area (Å²) in [5.74, 6) is 0.00705. The molecule has 1 aliphatic rings. The molecule has 0 spiro atoms. The van der Waals surface area contributed by atoms with Crippen LogP contribution in [0.25, 0.3) is 0 Å². The Balaban J connectivity index is 0.00000220. The van der Waals surface area contributed by atoms with E-state index < -0.39 is 0 Å². The molecule has 0 saturated carbocycles. The SMILES string of the molecule is Cc1ccc(C2OCCCC2NC(=O)CC(C)N)cc1.Cl. The number of benzene rings is 1. The van der Waals surface area contributed by atoms with Crippen molar-refractivity contribution in [2.24, 2.45) is 5.73 Å². The zero-order valence-corrected chi connectivity index (χ0v) is 13.5. The minimum Gasteiger partial charge on any atom is -0.371 e. The number of ether oxygens (including phenoxy) is 1. The number of halogens is 1. The van der Waals surface area contributed by atoms with Gasteiger partial charge in [-0.25, -0.2) is 0 Å². The average Bonchev–Trinajstić information content (AvgIpc) is 2.39. The summed E-state index contributed by atoms with van der Waals surface area (Å²) in [6.45, 7) is 4.65. The van der Waals surface area contributed by atoms with Crippen molar-refractivity contribution in [2.45, 2.75) is 51.3 Å². The van der Waals surface area contributed by atoms with Gasteiger partial charge in [-0.05, 0) is 32.3 Å². The minimum absolute atomic E-state index is 0. The van der Waals surface area contributed by atoms with Crippen molar-refractivity contribution in [2.75, 3.05) is 6.61 Å². The van der Waals surface area contributed by atoms with E-state index in [9.17, 15) is 4.79 Å². The van der Waals surface area contributed by atoms with Crippen LogP contribution in [0.5, 0.6) is 0 Å². The van der Waals surface area contributed by atoms with Gasteiger partial charge in [0.05, 0.1) is 6.04 Å². The van der Waals surface area contributed by atoms with Crippen LogP contribution in [0.3, 0.4) is 0 Å². The smallest absolute Gasteiger partial charge is 0.221 e. The summed E-state index contributed by atoms with van der Waals surface area (Å²) in [6.07, 6.45) is 2.23. The molecule has 0 aromatic heterocycles. The molecule has 3 atom stereocenters. The van der Waals surface area contributed by atoms with Gasteiger partial charge in [0.2, 0.25) is 5.91 Å². The molecule has 1 aromatic rings. The largest absolute Gasteiger partial charge is 0.371 e. The maximum absolute atomic E-state index is 11.9. The Morgan fingerprint density at radius 1 is 1.43 bits per heavy atom. The normalized spacial score (nSPS) is 23.0. The second-order valence-electron chi connectivity index (χ2n) is 5.70. The lowest BCUT2D eigenvalue weighted by molar-refractivity contribution is -0.124. The number of carbonyl (C=O) groups excluding carboxylic acids is 1. The Bertz CT molecular complexity index is 448. The number of carbonyl (C=O) groups is 1. The average molecular weight is 313 g/mol. The standard InChI is InChI=1S/C16H24N2O2.ClH/c1-11-5-7-13(8-6-11)16-14(4-3-9-20-16)18-15(19)10-12(2)17;/h5-8,12,14,16H,3-4,9-10,17H2,1-2H3,(H,18,19);1H. The number of aryl methyl sites for hydroxylation is 1. The van der Waals surface area contributed by atoms with Crippen LogP contribution in [0, 0.1) is 6.92 Å².